The number of halogens is 4. The van der Waals surface area contributed by atoms with E-state index in [2.05, 4.69) is 0 Å². The van der Waals surface area contributed by atoms with Gasteiger partial charge in [-0.05, 0) is 41.5 Å². The van der Waals surface area contributed by atoms with Gasteiger partial charge >= 0.3 is 0 Å². The van der Waals surface area contributed by atoms with Crippen LogP contribution in [-0.4, -0.2) is 8.42 Å². The standard InChI is InChI=1S/C12H6ClF3O2S/c13-19(17,18)12-4-8(3-11(16)6-12)7-1-9(14)5-10(15)2-7/h1-6H. The Kier molecular flexibility index (Phi) is 3.56. The van der Waals surface area contributed by atoms with Gasteiger partial charge in [-0.1, -0.05) is 0 Å². The summed E-state index contributed by atoms with van der Waals surface area (Å²) in [4.78, 5) is -0.478. The molecule has 2 nitrogen and oxygen atoms in total. The maximum absolute atomic E-state index is 13.3. The van der Waals surface area contributed by atoms with Crippen molar-refractivity contribution in [3.63, 3.8) is 0 Å². The zero-order valence-electron chi connectivity index (χ0n) is 9.20. The second-order valence-corrected chi connectivity index (χ2v) is 6.34. The predicted molar refractivity (Wildman–Crippen MR) is 64.8 cm³/mol. The van der Waals surface area contributed by atoms with Gasteiger partial charge in [-0.15, -0.1) is 0 Å². The van der Waals surface area contributed by atoms with E-state index in [0.29, 0.717) is 6.07 Å². The van der Waals surface area contributed by atoms with Crippen LogP contribution in [0.3, 0.4) is 0 Å². The summed E-state index contributed by atoms with van der Waals surface area (Å²) in [6, 6.07) is 5.30. The minimum absolute atomic E-state index is 0.0117. The third-order valence-electron chi connectivity index (χ3n) is 2.35. The fourth-order valence-corrected chi connectivity index (χ4v) is 2.38. The van der Waals surface area contributed by atoms with Crippen molar-refractivity contribution < 1.29 is 21.6 Å². The molecule has 2 aromatic carbocycles. The first kappa shape index (κ1) is 13.9. The Bertz CT molecular complexity index is 724. The summed E-state index contributed by atoms with van der Waals surface area (Å²) in [7, 11) is 0.979. The number of hydrogen-bond donors (Lipinski definition) is 0. The largest absolute Gasteiger partial charge is 0.261 e. The molecule has 0 N–H and O–H groups in total. The molecule has 0 aliphatic heterocycles. The molecule has 0 radical (unpaired) electrons. The Balaban J connectivity index is 2.66. The minimum atomic E-state index is -4.13. The minimum Gasteiger partial charge on any atom is -0.207 e. The van der Waals surface area contributed by atoms with Gasteiger partial charge in [-0.25, -0.2) is 21.6 Å². The van der Waals surface area contributed by atoms with Crippen LogP contribution in [0.15, 0.2) is 41.3 Å². The van der Waals surface area contributed by atoms with E-state index < -0.39 is 31.4 Å². The van der Waals surface area contributed by atoms with Crippen molar-refractivity contribution in [2.45, 2.75) is 4.90 Å². The predicted octanol–water partition coefficient (Wildman–Crippen LogP) is 3.70. The maximum atomic E-state index is 13.3. The molecule has 19 heavy (non-hydrogen) atoms. The van der Waals surface area contributed by atoms with Crippen molar-refractivity contribution in [1.82, 2.24) is 0 Å². The molecule has 2 rings (SSSR count). The van der Waals surface area contributed by atoms with Crippen molar-refractivity contribution >= 4 is 19.7 Å². The maximum Gasteiger partial charge on any atom is 0.261 e. The lowest BCUT2D eigenvalue weighted by Gasteiger charge is -2.05. The quantitative estimate of drug-likeness (QED) is 0.793. The van der Waals surface area contributed by atoms with Crippen LogP contribution in [0, 0.1) is 17.5 Å². The fraction of sp³-hybridized carbons (Fsp3) is 0. The molecule has 0 saturated carbocycles. The average Bonchev–Trinajstić information content (AvgIpc) is 2.25. The average molecular weight is 307 g/mol. The zero-order chi connectivity index (χ0) is 14.2. The van der Waals surface area contributed by atoms with Gasteiger partial charge in [0.15, 0.2) is 0 Å². The molecular weight excluding hydrogens is 301 g/mol. The van der Waals surface area contributed by atoms with E-state index in [4.69, 9.17) is 10.7 Å². The summed E-state index contributed by atoms with van der Waals surface area (Å²) in [5.74, 6) is -2.58. The fourth-order valence-electron chi connectivity index (χ4n) is 1.59. The second-order valence-electron chi connectivity index (χ2n) is 3.77. The highest BCUT2D eigenvalue weighted by Crippen LogP contribution is 2.27. The van der Waals surface area contributed by atoms with Crippen LogP contribution in [-0.2, 0) is 9.05 Å². The van der Waals surface area contributed by atoms with Crippen molar-refractivity contribution in [2.75, 3.05) is 0 Å². The Labute approximate surface area is 111 Å². The Hall–Kier alpha value is -1.53. The summed E-state index contributed by atoms with van der Waals surface area (Å²) in [6.45, 7) is 0. The van der Waals surface area contributed by atoms with Crippen molar-refractivity contribution in [2.24, 2.45) is 0 Å². The SMILES string of the molecule is O=S(=O)(Cl)c1cc(F)cc(-c2cc(F)cc(F)c2)c1. The Morgan fingerprint density at radius 3 is 1.63 bits per heavy atom. The molecule has 0 spiro atoms. The van der Waals surface area contributed by atoms with Crippen LogP contribution in [0.1, 0.15) is 0 Å². The van der Waals surface area contributed by atoms with Crippen LogP contribution >= 0.6 is 10.7 Å². The summed E-state index contributed by atoms with van der Waals surface area (Å²) >= 11 is 0. The molecule has 0 amide bonds. The van der Waals surface area contributed by atoms with E-state index in [9.17, 15) is 21.6 Å². The summed E-state index contributed by atoms with van der Waals surface area (Å²) < 4.78 is 61.8. The first-order chi connectivity index (χ1) is 8.75. The monoisotopic (exact) mass is 306 g/mol. The highest BCUT2D eigenvalue weighted by Gasteiger charge is 2.14. The van der Waals surface area contributed by atoms with Gasteiger partial charge in [-0.2, -0.15) is 0 Å². The van der Waals surface area contributed by atoms with Gasteiger partial charge in [0.2, 0.25) is 0 Å². The lowest BCUT2D eigenvalue weighted by molar-refractivity contribution is 0.584. The van der Waals surface area contributed by atoms with Crippen molar-refractivity contribution in [3.8, 4) is 11.1 Å². The van der Waals surface area contributed by atoms with Crippen LogP contribution in [0.5, 0.6) is 0 Å². The lowest BCUT2D eigenvalue weighted by Crippen LogP contribution is -1.94. The van der Waals surface area contributed by atoms with E-state index in [1.807, 2.05) is 0 Å². The molecule has 0 aliphatic rings. The van der Waals surface area contributed by atoms with Gasteiger partial charge < -0.3 is 0 Å². The molecule has 0 unspecified atom stereocenters. The molecule has 7 heteroatoms. The van der Waals surface area contributed by atoms with Gasteiger partial charge in [0.1, 0.15) is 17.5 Å². The first-order valence-corrected chi connectivity index (χ1v) is 7.28. The molecule has 0 fully saturated rings. The van der Waals surface area contributed by atoms with Gasteiger partial charge in [-0.3, -0.25) is 0 Å². The Morgan fingerprint density at radius 2 is 1.16 bits per heavy atom. The summed E-state index contributed by atoms with van der Waals surface area (Å²) in [5.41, 5.74) is 0.0243. The number of rotatable bonds is 2. The number of hydrogen-bond acceptors (Lipinski definition) is 2. The second kappa shape index (κ2) is 4.86. The highest BCUT2D eigenvalue weighted by atomic mass is 35.7. The molecule has 0 aromatic heterocycles. The third kappa shape index (κ3) is 3.27. The molecule has 0 aliphatic carbocycles. The lowest BCUT2D eigenvalue weighted by atomic mass is 10.1. The van der Waals surface area contributed by atoms with Crippen LogP contribution in [0.2, 0.25) is 0 Å². The van der Waals surface area contributed by atoms with Crippen LogP contribution in [0.25, 0.3) is 11.1 Å². The van der Waals surface area contributed by atoms with Crippen LogP contribution in [0.4, 0.5) is 13.2 Å². The van der Waals surface area contributed by atoms with E-state index in [1.54, 1.807) is 0 Å². The molecule has 0 saturated heterocycles. The highest BCUT2D eigenvalue weighted by molar-refractivity contribution is 8.13. The van der Waals surface area contributed by atoms with Crippen molar-refractivity contribution in [1.29, 1.82) is 0 Å². The molecule has 100 valence electrons. The van der Waals surface area contributed by atoms with Gasteiger partial charge in [0.05, 0.1) is 4.90 Å². The van der Waals surface area contributed by atoms with E-state index >= 15 is 0 Å². The third-order valence-corrected chi connectivity index (χ3v) is 3.68. The molecular formula is C12H6ClF3O2S. The summed E-state index contributed by atoms with van der Waals surface area (Å²) in [6.07, 6.45) is 0. The van der Waals surface area contributed by atoms with E-state index in [1.165, 1.54) is 0 Å². The van der Waals surface area contributed by atoms with Gasteiger partial charge in [0, 0.05) is 16.7 Å². The normalized spacial score (nSPS) is 11.6. The van der Waals surface area contributed by atoms with Crippen LogP contribution < -0.4 is 0 Å². The van der Waals surface area contributed by atoms with E-state index in [-0.39, 0.29) is 11.1 Å². The van der Waals surface area contributed by atoms with Crippen molar-refractivity contribution in [3.05, 3.63) is 53.8 Å². The smallest absolute Gasteiger partial charge is 0.207 e. The molecule has 2 aromatic rings. The van der Waals surface area contributed by atoms with E-state index in [0.717, 1.165) is 30.3 Å². The number of benzene rings is 2. The molecule has 0 atom stereocenters. The molecule has 0 heterocycles. The zero-order valence-corrected chi connectivity index (χ0v) is 10.8. The van der Waals surface area contributed by atoms with Gasteiger partial charge in [0.25, 0.3) is 9.05 Å². The Morgan fingerprint density at radius 1 is 0.737 bits per heavy atom. The summed E-state index contributed by atoms with van der Waals surface area (Å²) in [5, 5.41) is 0. The first-order valence-electron chi connectivity index (χ1n) is 4.97. The topological polar surface area (TPSA) is 34.1 Å². The molecule has 0 bridgehead atoms.